The van der Waals surface area contributed by atoms with Crippen molar-refractivity contribution in [1.29, 1.82) is 0 Å². The van der Waals surface area contributed by atoms with Crippen LogP contribution in [0.5, 0.6) is 0 Å². The summed E-state index contributed by atoms with van der Waals surface area (Å²) in [7, 11) is 0. The third kappa shape index (κ3) is 6.16. The van der Waals surface area contributed by atoms with E-state index in [-0.39, 0.29) is 12.5 Å². The Hall–Kier alpha value is -1.88. The smallest absolute Gasteiger partial charge is 0.251 e. The van der Waals surface area contributed by atoms with E-state index in [4.69, 9.17) is 11.6 Å². The molecule has 1 amide bonds. The van der Waals surface area contributed by atoms with Crippen LogP contribution in [0.15, 0.2) is 48.5 Å². The van der Waals surface area contributed by atoms with E-state index in [0.29, 0.717) is 29.0 Å². The van der Waals surface area contributed by atoms with E-state index in [2.05, 4.69) is 5.32 Å². The Morgan fingerprint density at radius 3 is 2.60 bits per heavy atom. The molecule has 2 aromatic carbocycles. The molecule has 0 fully saturated rings. The predicted molar refractivity (Wildman–Crippen MR) is 99.8 cm³/mol. The molecular formula is C20H24ClNO3. The van der Waals surface area contributed by atoms with Gasteiger partial charge in [-0.3, -0.25) is 4.79 Å². The quantitative estimate of drug-likeness (QED) is 0.706. The largest absolute Gasteiger partial charge is 0.390 e. The maximum atomic E-state index is 12.3. The average molecular weight is 362 g/mol. The second-order valence-corrected chi connectivity index (χ2v) is 7.17. The zero-order valence-corrected chi connectivity index (χ0v) is 15.3. The number of halogens is 1. The van der Waals surface area contributed by atoms with Crippen LogP contribution in [0.2, 0.25) is 5.02 Å². The van der Waals surface area contributed by atoms with Crippen LogP contribution < -0.4 is 5.32 Å². The molecule has 0 unspecified atom stereocenters. The number of nitrogens with one attached hydrogen (secondary N) is 1. The summed E-state index contributed by atoms with van der Waals surface area (Å²) in [6, 6.07) is 14.3. The average Bonchev–Trinajstić information content (AvgIpc) is 2.57. The summed E-state index contributed by atoms with van der Waals surface area (Å²) in [6.07, 6.45) is 0.437. The van der Waals surface area contributed by atoms with Gasteiger partial charge < -0.3 is 15.5 Å². The Bertz CT molecular complexity index is 725. The lowest BCUT2D eigenvalue weighted by Crippen LogP contribution is -2.28. The first-order valence-corrected chi connectivity index (χ1v) is 8.66. The Morgan fingerprint density at radius 1 is 1.20 bits per heavy atom. The third-order valence-electron chi connectivity index (χ3n) is 3.93. The lowest BCUT2D eigenvalue weighted by atomic mass is 9.98. The molecule has 0 aromatic heterocycles. The van der Waals surface area contributed by atoms with Crippen molar-refractivity contribution >= 4 is 17.5 Å². The number of benzene rings is 2. The second kappa shape index (κ2) is 8.48. The van der Waals surface area contributed by atoms with Gasteiger partial charge >= 0.3 is 0 Å². The summed E-state index contributed by atoms with van der Waals surface area (Å²) < 4.78 is 0. The van der Waals surface area contributed by atoms with Crippen molar-refractivity contribution in [3.63, 3.8) is 0 Å². The van der Waals surface area contributed by atoms with Gasteiger partial charge in [-0.15, -0.1) is 0 Å². The van der Waals surface area contributed by atoms with Crippen molar-refractivity contribution < 1.29 is 15.0 Å². The number of aliphatic hydroxyl groups is 2. The van der Waals surface area contributed by atoms with Crippen molar-refractivity contribution in [2.75, 3.05) is 6.54 Å². The van der Waals surface area contributed by atoms with E-state index in [9.17, 15) is 15.0 Å². The lowest BCUT2D eigenvalue weighted by molar-refractivity contribution is 0.0714. The SMILES string of the molecule is CC(C)(O)CCc1cccc(C(=O)NC[C@@H](O)c2ccccc2Cl)c1. The van der Waals surface area contributed by atoms with E-state index in [0.717, 1.165) is 5.56 Å². The molecule has 0 bridgehead atoms. The molecule has 0 saturated carbocycles. The van der Waals surface area contributed by atoms with E-state index in [1.165, 1.54) is 0 Å². The van der Waals surface area contributed by atoms with Crippen molar-refractivity contribution in [2.24, 2.45) is 0 Å². The summed E-state index contributed by atoms with van der Waals surface area (Å²) in [6.45, 7) is 3.61. The highest BCUT2D eigenvalue weighted by atomic mass is 35.5. The molecule has 0 aliphatic heterocycles. The highest BCUT2D eigenvalue weighted by molar-refractivity contribution is 6.31. The summed E-state index contributed by atoms with van der Waals surface area (Å²) in [5, 5.41) is 23.2. The Morgan fingerprint density at radius 2 is 1.92 bits per heavy atom. The Kier molecular flexibility index (Phi) is 6.59. The van der Waals surface area contributed by atoms with Crippen LogP contribution >= 0.6 is 11.6 Å². The zero-order valence-electron chi connectivity index (χ0n) is 14.5. The van der Waals surface area contributed by atoms with Gasteiger partial charge in [0.25, 0.3) is 5.91 Å². The molecule has 0 aliphatic carbocycles. The fourth-order valence-corrected chi connectivity index (χ4v) is 2.73. The van der Waals surface area contributed by atoms with Gasteiger partial charge in [-0.1, -0.05) is 41.9 Å². The summed E-state index contributed by atoms with van der Waals surface area (Å²) >= 11 is 6.05. The van der Waals surface area contributed by atoms with Crippen LogP contribution in [0.3, 0.4) is 0 Å². The number of aliphatic hydroxyl groups excluding tert-OH is 1. The molecule has 25 heavy (non-hydrogen) atoms. The first kappa shape index (κ1) is 19.4. The molecule has 2 aromatic rings. The molecule has 3 N–H and O–H groups in total. The number of carbonyl (C=O) groups excluding carboxylic acids is 1. The molecule has 5 heteroatoms. The molecule has 0 radical (unpaired) electrons. The highest BCUT2D eigenvalue weighted by Gasteiger charge is 2.15. The Balaban J connectivity index is 1.96. The monoisotopic (exact) mass is 361 g/mol. The minimum Gasteiger partial charge on any atom is -0.390 e. The van der Waals surface area contributed by atoms with Crippen molar-refractivity contribution in [1.82, 2.24) is 5.32 Å². The van der Waals surface area contributed by atoms with Crippen LogP contribution in [0.25, 0.3) is 0 Å². The van der Waals surface area contributed by atoms with Gasteiger partial charge in [-0.05, 0) is 50.5 Å². The molecule has 0 saturated heterocycles. The summed E-state index contributed by atoms with van der Waals surface area (Å²) in [5.74, 6) is -0.254. The topological polar surface area (TPSA) is 69.6 Å². The van der Waals surface area contributed by atoms with E-state index < -0.39 is 11.7 Å². The maximum absolute atomic E-state index is 12.3. The number of hydrogen-bond acceptors (Lipinski definition) is 3. The molecule has 4 nitrogen and oxygen atoms in total. The van der Waals surface area contributed by atoms with E-state index in [1.54, 1.807) is 44.2 Å². The van der Waals surface area contributed by atoms with Gasteiger partial charge in [-0.25, -0.2) is 0 Å². The van der Waals surface area contributed by atoms with Crippen LogP contribution in [-0.2, 0) is 6.42 Å². The summed E-state index contributed by atoms with van der Waals surface area (Å²) in [5.41, 5.74) is 1.36. The van der Waals surface area contributed by atoms with Gasteiger partial charge in [-0.2, -0.15) is 0 Å². The van der Waals surface area contributed by atoms with Crippen molar-refractivity contribution in [3.8, 4) is 0 Å². The van der Waals surface area contributed by atoms with Crippen LogP contribution in [-0.4, -0.2) is 28.3 Å². The normalized spacial score (nSPS) is 12.7. The van der Waals surface area contributed by atoms with Gasteiger partial charge in [0.1, 0.15) is 0 Å². The molecule has 1 atom stereocenters. The van der Waals surface area contributed by atoms with Crippen LogP contribution in [0.4, 0.5) is 0 Å². The first-order valence-electron chi connectivity index (χ1n) is 8.28. The second-order valence-electron chi connectivity index (χ2n) is 6.76. The number of amides is 1. The van der Waals surface area contributed by atoms with Crippen molar-refractivity contribution in [2.45, 2.75) is 38.4 Å². The maximum Gasteiger partial charge on any atom is 0.251 e. The van der Waals surface area contributed by atoms with Gasteiger partial charge in [0.2, 0.25) is 0 Å². The third-order valence-corrected chi connectivity index (χ3v) is 4.28. The molecular weight excluding hydrogens is 338 g/mol. The van der Waals surface area contributed by atoms with Crippen molar-refractivity contribution in [3.05, 3.63) is 70.2 Å². The predicted octanol–water partition coefficient (Wildman–Crippen LogP) is 3.51. The van der Waals surface area contributed by atoms with Gasteiger partial charge in [0, 0.05) is 22.7 Å². The van der Waals surface area contributed by atoms with Crippen LogP contribution in [0, 0.1) is 0 Å². The summed E-state index contributed by atoms with van der Waals surface area (Å²) in [4.78, 5) is 12.3. The minimum atomic E-state index is -0.865. The number of aryl methyl sites for hydroxylation is 1. The van der Waals surface area contributed by atoms with Gasteiger partial charge in [0.05, 0.1) is 11.7 Å². The fraction of sp³-hybridized carbons (Fsp3) is 0.350. The molecule has 134 valence electrons. The minimum absolute atomic E-state index is 0.0798. The van der Waals surface area contributed by atoms with Crippen LogP contribution in [0.1, 0.15) is 47.9 Å². The first-order chi connectivity index (χ1) is 11.8. The van der Waals surface area contributed by atoms with E-state index >= 15 is 0 Å². The fourth-order valence-electron chi connectivity index (χ4n) is 2.47. The Labute approximate surface area is 153 Å². The highest BCUT2D eigenvalue weighted by Crippen LogP contribution is 2.22. The zero-order chi connectivity index (χ0) is 18.4. The standard InChI is InChI=1S/C20H24ClNO3/c1-20(2,25)11-10-14-6-5-7-15(12-14)19(24)22-13-18(23)16-8-3-4-9-17(16)21/h3-9,12,18,23,25H,10-11,13H2,1-2H3,(H,22,24)/t18-/m1/s1. The van der Waals surface area contributed by atoms with Gasteiger partial charge in [0.15, 0.2) is 0 Å². The molecule has 0 heterocycles. The molecule has 0 spiro atoms. The molecule has 0 aliphatic rings. The number of carbonyl (C=O) groups is 1. The van der Waals surface area contributed by atoms with E-state index in [1.807, 2.05) is 18.2 Å². The molecule has 2 rings (SSSR count). The number of rotatable bonds is 7. The lowest BCUT2D eigenvalue weighted by Gasteiger charge is -2.17. The number of hydrogen-bond donors (Lipinski definition) is 3.